The number of hydrogen-bond donors (Lipinski definition) is 0. The summed E-state index contributed by atoms with van der Waals surface area (Å²) < 4.78 is 21.3. The van der Waals surface area contributed by atoms with Gasteiger partial charge in [-0.25, -0.2) is 14.0 Å². The Kier molecular flexibility index (Phi) is 8.68. The normalized spacial score (nSPS) is 20.5. The first-order valence-electron chi connectivity index (χ1n) is 14.6. The predicted octanol–water partition coefficient (Wildman–Crippen LogP) is 5.74. The maximum atomic E-state index is 12.5. The number of aryl methyl sites for hydroxylation is 1. The molecule has 2 aliphatic heterocycles. The molecule has 43 heavy (non-hydrogen) atoms. The lowest BCUT2D eigenvalue weighted by molar-refractivity contribution is -0.164. The third-order valence-corrected chi connectivity index (χ3v) is 8.48. The zero-order valence-corrected chi connectivity index (χ0v) is 25.8. The average Bonchev–Trinajstić information content (AvgIpc) is 3.59. The van der Waals surface area contributed by atoms with Crippen molar-refractivity contribution in [1.82, 2.24) is 14.3 Å². The summed E-state index contributed by atoms with van der Waals surface area (Å²) in [6.07, 6.45) is 2.24. The molecule has 6 rings (SSSR count). The van der Waals surface area contributed by atoms with Gasteiger partial charge < -0.3 is 24.0 Å². The molecule has 2 atom stereocenters. The number of piperazine rings is 1. The van der Waals surface area contributed by atoms with Gasteiger partial charge in [-0.2, -0.15) is 5.10 Å². The quantitative estimate of drug-likeness (QED) is 0.235. The second-order valence-corrected chi connectivity index (χ2v) is 11.8. The number of nitrogens with zero attached hydrogens (tertiary/aromatic N) is 5. The van der Waals surface area contributed by atoms with Crippen LogP contribution in [0.3, 0.4) is 0 Å². The molecule has 0 bridgehead atoms. The third-order valence-electron chi connectivity index (χ3n) is 7.94. The molecule has 9 nitrogen and oxygen atoms in total. The molecule has 0 saturated carbocycles. The summed E-state index contributed by atoms with van der Waals surface area (Å²) in [7, 11) is 0. The van der Waals surface area contributed by atoms with Crippen LogP contribution in [-0.4, -0.2) is 59.8 Å². The molecule has 0 spiro atoms. The van der Waals surface area contributed by atoms with E-state index >= 15 is 0 Å². The maximum absolute atomic E-state index is 12.5. The van der Waals surface area contributed by atoms with Crippen LogP contribution in [0.1, 0.15) is 25.8 Å². The van der Waals surface area contributed by atoms with Crippen LogP contribution >= 0.6 is 23.2 Å². The summed E-state index contributed by atoms with van der Waals surface area (Å²) in [4.78, 5) is 17.3. The van der Waals surface area contributed by atoms with Gasteiger partial charge in [0.1, 0.15) is 24.8 Å². The highest BCUT2D eigenvalue weighted by Crippen LogP contribution is 2.38. The minimum atomic E-state index is -0.943. The van der Waals surface area contributed by atoms with Crippen LogP contribution in [-0.2, 0) is 21.8 Å². The van der Waals surface area contributed by atoms with Crippen LogP contribution in [0, 0.1) is 0 Å². The van der Waals surface area contributed by atoms with Crippen LogP contribution in [0.4, 0.5) is 11.4 Å². The highest BCUT2D eigenvalue weighted by atomic mass is 35.5. The van der Waals surface area contributed by atoms with E-state index in [0.717, 1.165) is 61.0 Å². The highest BCUT2D eigenvalue weighted by molar-refractivity contribution is 6.35. The van der Waals surface area contributed by atoms with Gasteiger partial charge in [0.05, 0.1) is 17.3 Å². The van der Waals surface area contributed by atoms with Crippen LogP contribution in [0.5, 0.6) is 5.75 Å². The van der Waals surface area contributed by atoms with E-state index in [9.17, 15) is 4.79 Å². The van der Waals surface area contributed by atoms with Crippen molar-refractivity contribution in [3.05, 3.63) is 99.2 Å². The Morgan fingerprint density at radius 1 is 0.930 bits per heavy atom. The second-order valence-electron chi connectivity index (χ2n) is 10.9. The monoisotopic (exact) mass is 623 g/mol. The Balaban J connectivity index is 0.988. The lowest BCUT2D eigenvalue weighted by Gasteiger charge is -2.37. The van der Waals surface area contributed by atoms with E-state index in [2.05, 4.69) is 39.2 Å². The van der Waals surface area contributed by atoms with Gasteiger partial charge in [0.25, 0.3) is 0 Å². The zero-order chi connectivity index (χ0) is 30.0. The number of benzene rings is 3. The Bertz CT molecular complexity index is 1600. The van der Waals surface area contributed by atoms with E-state index in [0.29, 0.717) is 29.8 Å². The molecule has 0 N–H and O–H groups in total. The molecule has 3 aromatic carbocycles. The van der Waals surface area contributed by atoms with Crippen LogP contribution in [0.25, 0.3) is 5.69 Å². The van der Waals surface area contributed by atoms with Gasteiger partial charge in [0.15, 0.2) is 5.79 Å². The van der Waals surface area contributed by atoms with Crippen LogP contribution < -0.4 is 20.2 Å². The number of anilines is 2. The van der Waals surface area contributed by atoms with Gasteiger partial charge in [-0.15, -0.1) is 0 Å². The molecule has 2 aliphatic rings. The second kappa shape index (κ2) is 12.6. The standard InChI is InChI=1S/C32H35Cl2N5O4/c1-3-14-39-31(40)38(22-35-39)26-7-5-24(6-8-26)36-15-17-37(18-16-36)25-9-11-27(12-10-25)41-20-28-21-42-32(2,43-28)29-13-4-23(33)19-30(29)34/h4-13,19,22,28H,3,14-18,20-21H2,1-2H3/t28-,32+/m0/s1. The Morgan fingerprint density at radius 2 is 1.56 bits per heavy atom. The van der Waals surface area contributed by atoms with Gasteiger partial charge in [-0.3, -0.25) is 0 Å². The topological polar surface area (TPSA) is 74.0 Å². The zero-order valence-electron chi connectivity index (χ0n) is 24.3. The number of hydrogen-bond acceptors (Lipinski definition) is 7. The van der Waals surface area contributed by atoms with E-state index in [-0.39, 0.29) is 11.8 Å². The maximum Gasteiger partial charge on any atom is 0.350 e. The number of halogens is 2. The Morgan fingerprint density at radius 3 is 2.19 bits per heavy atom. The molecule has 0 aliphatic carbocycles. The fourth-order valence-corrected chi connectivity index (χ4v) is 6.17. The van der Waals surface area contributed by atoms with Gasteiger partial charge in [-0.1, -0.05) is 36.2 Å². The van der Waals surface area contributed by atoms with Crippen molar-refractivity contribution >= 4 is 34.6 Å². The van der Waals surface area contributed by atoms with Crippen molar-refractivity contribution in [3.8, 4) is 11.4 Å². The van der Waals surface area contributed by atoms with Gasteiger partial charge >= 0.3 is 5.69 Å². The highest BCUT2D eigenvalue weighted by Gasteiger charge is 2.40. The average molecular weight is 625 g/mol. The van der Waals surface area contributed by atoms with Crippen molar-refractivity contribution < 1.29 is 14.2 Å². The summed E-state index contributed by atoms with van der Waals surface area (Å²) in [5.41, 5.74) is 3.77. The molecule has 0 radical (unpaired) electrons. The molecule has 226 valence electrons. The first-order chi connectivity index (χ1) is 20.8. The van der Waals surface area contributed by atoms with Crippen molar-refractivity contribution in [2.24, 2.45) is 0 Å². The first kappa shape index (κ1) is 29.6. The smallest absolute Gasteiger partial charge is 0.350 e. The first-order valence-corrected chi connectivity index (χ1v) is 15.3. The van der Waals surface area contributed by atoms with E-state index in [1.807, 2.05) is 44.2 Å². The van der Waals surface area contributed by atoms with Crippen LogP contribution in [0.2, 0.25) is 10.0 Å². The number of ether oxygens (including phenoxy) is 3. The molecule has 0 amide bonds. The van der Waals surface area contributed by atoms with E-state index < -0.39 is 5.79 Å². The molecule has 3 heterocycles. The number of aromatic nitrogens is 3. The molecule has 1 aromatic heterocycles. The van der Waals surface area contributed by atoms with E-state index in [4.69, 9.17) is 37.4 Å². The lowest BCUT2D eigenvalue weighted by Crippen LogP contribution is -2.46. The molecular weight excluding hydrogens is 589 g/mol. The van der Waals surface area contributed by atoms with E-state index in [1.165, 1.54) is 4.68 Å². The van der Waals surface area contributed by atoms with Gasteiger partial charge in [0.2, 0.25) is 0 Å². The fraction of sp³-hybridized carbons (Fsp3) is 0.375. The number of rotatable bonds is 9. The summed E-state index contributed by atoms with van der Waals surface area (Å²) in [5, 5.41) is 5.29. The lowest BCUT2D eigenvalue weighted by atomic mass is 10.1. The summed E-state index contributed by atoms with van der Waals surface area (Å²) >= 11 is 12.4. The molecule has 4 aromatic rings. The summed E-state index contributed by atoms with van der Waals surface area (Å²) in [5.74, 6) is -0.162. The molecule has 2 fully saturated rings. The van der Waals surface area contributed by atoms with Crippen molar-refractivity contribution in [2.45, 2.75) is 38.7 Å². The summed E-state index contributed by atoms with van der Waals surface area (Å²) in [6, 6.07) is 21.6. The molecule has 0 unspecified atom stereocenters. The fourth-order valence-electron chi connectivity index (χ4n) is 5.59. The largest absolute Gasteiger partial charge is 0.491 e. The Labute approximate surface area is 261 Å². The van der Waals surface area contributed by atoms with Crippen molar-refractivity contribution in [2.75, 3.05) is 49.2 Å². The third kappa shape index (κ3) is 6.40. The minimum Gasteiger partial charge on any atom is -0.491 e. The van der Waals surface area contributed by atoms with Crippen LogP contribution in [0.15, 0.2) is 77.9 Å². The minimum absolute atomic E-state index is 0.108. The van der Waals surface area contributed by atoms with Crippen molar-refractivity contribution in [1.29, 1.82) is 0 Å². The molecule has 11 heteroatoms. The van der Waals surface area contributed by atoms with Crippen molar-refractivity contribution in [3.63, 3.8) is 0 Å². The summed E-state index contributed by atoms with van der Waals surface area (Å²) in [6.45, 7) is 8.91. The molecular formula is C32H35Cl2N5O4. The molecule has 2 saturated heterocycles. The predicted molar refractivity (Wildman–Crippen MR) is 169 cm³/mol. The van der Waals surface area contributed by atoms with E-state index in [1.54, 1.807) is 23.0 Å². The van der Waals surface area contributed by atoms with Gasteiger partial charge in [0, 0.05) is 54.7 Å². The SMILES string of the molecule is CCCn1ncn(-c2ccc(N3CCN(c4ccc(OC[C@H]5CO[C@@](C)(c6ccc(Cl)cc6Cl)O5)cc4)CC3)cc2)c1=O. The van der Waals surface area contributed by atoms with Gasteiger partial charge in [-0.05, 0) is 74.0 Å². The Hall–Kier alpha value is -3.50.